The maximum absolute atomic E-state index is 5.80. The van der Waals surface area contributed by atoms with E-state index in [2.05, 4.69) is 50.6 Å². The van der Waals surface area contributed by atoms with Crippen LogP contribution in [0.2, 0.25) is 0 Å². The smallest absolute Gasteiger partial charge is 0.178 e. The highest BCUT2D eigenvalue weighted by Crippen LogP contribution is 2.28. The summed E-state index contributed by atoms with van der Waals surface area (Å²) in [5.41, 5.74) is 2.06. The third kappa shape index (κ3) is 3.07. The number of aromatic nitrogens is 2. The molecule has 0 aliphatic carbocycles. The minimum absolute atomic E-state index is 0.711. The number of benzene rings is 1. The van der Waals surface area contributed by atoms with Gasteiger partial charge in [0, 0.05) is 4.88 Å². The Hall–Kier alpha value is -1.11. The predicted molar refractivity (Wildman–Crippen MR) is 94.0 cm³/mol. The number of ether oxygens (including phenoxy) is 1. The maximum Gasteiger partial charge on any atom is 0.178 e. The van der Waals surface area contributed by atoms with Crippen molar-refractivity contribution in [1.29, 1.82) is 0 Å². The molecule has 0 amide bonds. The molecule has 110 valence electrons. The van der Waals surface area contributed by atoms with Crippen molar-refractivity contribution in [2.45, 2.75) is 19.9 Å². The van der Waals surface area contributed by atoms with E-state index in [0.29, 0.717) is 6.61 Å². The van der Waals surface area contributed by atoms with Gasteiger partial charge in [-0.05, 0) is 58.8 Å². The Morgan fingerprint density at radius 2 is 2.19 bits per heavy atom. The van der Waals surface area contributed by atoms with Gasteiger partial charge in [-0.3, -0.25) is 0 Å². The molecule has 3 aromatic rings. The van der Waals surface area contributed by atoms with Gasteiger partial charge in [0.05, 0.1) is 22.5 Å². The van der Waals surface area contributed by atoms with Crippen molar-refractivity contribution in [2.24, 2.45) is 0 Å². The summed E-state index contributed by atoms with van der Waals surface area (Å²) in [6.45, 7) is 3.58. The van der Waals surface area contributed by atoms with E-state index in [4.69, 9.17) is 17.0 Å². The van der Waals surface area contributed by atoms with Gasteiger partial charge in [0.25, 0.3) is 0 Å². The zero-order valence-electron chi connectivity index (χ0n) is 11.6. The van der Waals surface area contributed by atoms with Gasteiger partial charge in [0.1, 0.15) is 11.3 Å². The fourth-order valence-electron chi connectivity index (χ4n) is 2.24. The molecule has 2 heterocycles. The van der Waals surface area contributed by atoms with Gasteiger partial charge < -0.3 is 14.3 Å². The lowest BCUT2D eigenvalue weighted by atomic mass is 10.3. The summed E-state index contributed by atoms with van der Waals surface area (Å²) in [7, 11) is 0. The molecule has 0 atom stereocenters. The molecule has 1 aromatic carbocycles. The molecule has 0 aliphatic heterocycles. The topological polar surface area (TPSA) is 29.9 Å². The van der Waals surface area contributed by atoms with E-state index < -0.39 is 0 Å². The number of nitrogens with zero attached hydrogens (tertiary/aromatic N) is 1. The molecular formula is C15H15BrN2OS2. The number of fused-ring (bicyclic) bond motifs is 1. The second kappa shape index (κ2) is 6.34. The largest absolute Gasteiger partial charge is 0.491 e. The zero-order chi connectivity index (χ0) is 14.8. The van der Waals surface area contributed by atoms with Crippen LogP contribution in [0.15, 0.2) is 34.1 Å². The third-order valence-electron chi connectivity index (χ3n) is 3.18. The summed E-state index contributed by atoms with van der Waals surface area (Å²) in [5, 5.41) is 0. The highest BCUT2D eigenvalue weighted by molar-refractivity contribution is 9.11. The first kappa shape index (κ1) is 14.8. The average molecular weight is 383 g/mol. The van der Waals surface area contributed by atoms with Crippen molar-refractivity contribution in [3.05, 3.63) is 43.8 Å². The second-order valence-corrected chi connectivity index (χ2v) is 7.66. The molecule has 21 heavy (non-hydrogen) atoms. The molecule has 0 aliphatic rings. The van der Waals surface area contributed by atoms with Gasteiger partial charge in [-0.25, -0.2) is 0 Å². The Morgan fingerprint density at radius 3 is 2.90 bits per heavy atom. The number of para-hydroxylation sites is 1. The molecule has 0 saturated carbocycles. The molecule has 0 bridgehead atoms. The van der Waals surface area contributed by atoms with Gasteiger partial charge in [-0.1, -0.05) is 13.0 Å². The third-order valence-corrected chi connectivity index (χ3v) is 5.11. The van der Waals surface area contributed by atoms with Gasteiger partial charge in [0.15, 0.2) is 4.77 Å². The lowest BCUT2D eigenvalue weighted by molar-refractivity contribution is 0.320. The quantitative estimate of drug-likeness (QED) is 0.601. The first-order chi connectivity index (χ1) is 10.2. The number of imidazole rings is 1. The molecule has 0 fully saturated rings. The highest BCUT2D eigenvalue weighted by atomic mass is 79.9. The van der Waals surface area contributed by atoms with Crippen LogP contribution in [-0.4, -0.2) is 16.2 Å². The fourth-order valence-corrected chi connectivity index (χ4v) is 3.97. The highest BCUT2D eigenvalue weighted by Gasteiger charge is 2.10. The Balaban J connectivity index is 2.03. The van der Waals surface area contributed by atoms with Crippen LogP contribution in [0.1, 0.15) is 18.2 Å². The molecule has 1 N–H and O–H groups in total. The Kier molecular flexibility index (Phi) is 4.47. The lowest BCUT2D eigenvalue weighted by Gasteiger charge is -2.06. The van der Waals surface area contributed by atoms with E-state index in [1.807, 2.05) is 12.1 Å². The van der Waals surface area contributed by atoms with Gasteiger partial charge in [-0.15, -0.1) is 11.3 Å². The number of H-pyrrole nitrogens is 1. The summed E-state index contributed by atoms with van der Waals surface area (Å²) < 4.78 is 9.77. The van der Waals surface area contributed by atoms with Crippen LogP contribution in [0, 0.1) is 4.77 Å². The number of nitrogens with one attached hydrogen (secondary N) is 1. The minimum atomic E-state index is 0.711. The number of hydrogen-bond acceptors (Lipinski definition) is 3. The summed E-state index contributed by atoms with van der Waals surface area (Å²) in [6, 6.07) is 10.2. The Labute approximate surface area is 140 Å². The molecule has 3 nitrogen and oxygen atoms in total. The number of thiophene rings is 1. The Bertz CT molecular complexity index is 819. The van der Waals surface area contributed by atoms with Crippen molar-refractivity contribution in [3.8, 4) is 5.75 Å². The second-order valence-electron chi connectivity index (χ2n) is 4.72. The number of aromatic amines is 1. The van der Waals surface area contributed by atoms with Crippen LogP contribution in [0.4, 0.5) is 0 Å². The normalized spacial score (nSPS) is 11.1. The van der Waals surface area contributed by atoms with Crippen LogP contribution in [-0.2, 0) is 6.54 Å². The Morgan fingerprint density at radius 1 is 1.33 bits per heavy atom. The van der Waals surface area contributed by atoms with Crippen LogP contribution in [0.5, 0.6) is 5.75 Å². The van der Waals surface area contributed by atoms with Gasteiger partial charge >= 0.3 is 0 Å². The fraction of sp³-hybridized carbons (Fsp3) is 0.267. The molecule has 2 aromatic heterocycles. The van der Waals surface area contributed by atoms with E-state index in [0.717, 1.165) is 38.3 Å². The molecule has 0 unspecified atom stereocenters. The maximum atomic E-state index is 5.80. The van der Waals surface area contributed by atoms with E-state index >= 15 is 0 Å². The van der Waals surface area contributed by atoms with Crippen LogP contribution in [0.3, 0.4) is 0 Å². The summed E-state index contributed by atoms with van der Waals surface area (Å²) in [6.07, 6.45) is 0.987. The van der Waals surface area contributed by atoms with Crippen molar-refractivity contribution in [3.63, 3.8) is 0 Å². The first-order valence-corrected chi connectivity index (χ1v) is 8.79. The van der Waals surface area contributed by atoms with Crippen molar-refractivity contribution in [1.82, 2.24) is 9.55 Å². The number of rotatable bonds is 5. The zero-order valence-corrected chi connectivity index (χ0v) is 14.8. The van der Waals surface area contributed by atoms with Crippen molar-refractivity contribution < 1.29 is 4.74 Å². The molecule has 0 spiro atoms. The van der Waals surface area contributed by atoms with Crippen molar-refractivity contribution in [2.75, 3.05) is 6.61 Å². The molecule has 0 radical (unpaired) electrons. The molecule has 0 saturated heterocycles. The van der Waals surface area contributed by atoms with E-state index in [1.165, 1.54) is 4.88 Å². The SMILES string of the molecule is CCCOc1cccc2c1[nH]c(=S)n2Cc1ccc(Br)s1. The van der Waals surface area contributed by atoms with Crippen molar-refractivity contribution >= 4 is 50.5 Å². The first-order valence-electron chi connectivity index (χ1n) is 6.77. The predicted octanol–water partition coefficient (Wildman–Crippen LogP) is 5.36. The summed E-state index contributed by atoms with van der Waals surface area (Å²) in [4.78, 5) is 4.54. The van der Waals surface area contributed by atoms with Crippen LogP contribution < -0.4 is 4.74 Å². The summed E-state index contributed by atoms with van der Waals surface area (Å²) >= 11 is 10.7. The van der Waals surface area contributed by atoms with Crippen LogP contribution in [0.25, 0.3) is 11.0 Å². The number of halogens is 1. The van der Waals surface area contributed by atoms with Gasteiger partial charge in [-0.2, -0.15) is 0 Å². The minimum Gasteiger partial charge on any atom is -0.491 e. The molecule has 3 rings (SSSR count). The van der Waals surface area contributed by atoms with E-state index in [-0.39, 0.29) is 0 Å². The average Bonchev–Trinajstić information content (AvgIpc) is 3.02. The van der Waals surface area contributed by atoms with E-state index in [1.54, 1.807) is 11.3 Å². The lowest BCUT2D eigenvalue weighted by Crippen LogP contribution is -1.98. The van der Waals surface area contributed by atoms with Crippen LogP contribution >= 0.6 is 39.5 Å². The van der Waals surface area contributed by atoms with Gasteiger partial charge in [0.2, 0.25) is 0 Å². The standard InChI is InChI=1S/C15H15BrN2OS2/c1-2-8-19-12-5-3-4-11-14(12)17-15(20)18(11)9-10-6-7-13(16)21-10/h3-7H,2,8-9H2,1H3,(H,17,20). The number of hydrogen-bond donors (Lipinski definition) is 1. The molecular weight excluding hydrogens is 368 g/mol. The molecule has 6 heteroatoms. The summed E-state index contributed by atoms with van der Waals surface area (Å²) in [5.74, 6) is 0.867. The van der Waals surface area contributed by atoms with E-state index in [9.17, 15) is 0 Å². The monoisotopic (exact) mass is 382 g/mol.